The Balaban J connectivity index is 1.14. The predicted molar refractivity (Wildman–Crippen MR) is 179 cm³/mol. The summed E-state index contributed by atoms with van der Waals surface area (Å²) in [4.78, 5) is 42.1. The summed E-state index contributed by atoms with van der Waals surface area (Å²) in [7, 11) is -4.40. The lowest BCUT2D eigenvalue weighted by Gasteiger charge is -2.40. The van der Waals surface area contributed by atoms with Crippen molar-refractivity contribution in [2.45, 2.75) is 50.0 Å². The Kier molecular flexibility index (Phi) is 19.9. The summed E-state index contributed by atoms with van der Waals surface area (Å²) in [6.07, 6.45) is -8.94. The molecule has 1 amide bonds. The van der Waals surface area contributed by atoms with E-state index in [-0.39, 0.29) is 90.6 Å². The quantitative estimate of drug-likeness (QED) is 0.0158. The summed E-state index contributed by atoms with van der Waals surface area (Å²) in [5, 5.41) is 33.2. The van der Waals surface area contributed by atoms with Gasteiger partial charge in [0.25, 0.3) is 0 Å². The lowest BCUT2D eigenvalue weighted by molar-refractivity contribution is -0.272. The molecule has 1 aliphatic heterocycles. The number of halogens is 5. The number of carbonyl (C=O) groups excluding carboxylic acids is 2. The topological polar surface area (TPSA) is 238 Å². The molecule has 17 nitrogen and oxygen atoms in total. The summed E-state index contributed by atoms with van der Waals surface area (Å²) < 4.78 is 119. The molecule has 23 heteroatoms. The SMILES string of the molecule is O=C(CCOCCOCCOCCOCCOCCC(=O)Oc1c(F)c(F)c(F)c(F)c1F)Nc1ccc(O[C@H]2O[C@H](CCP(=O)(O)O)[C@@H](O)[C@H](O)[C@@H]2O)cc1. The highest BCUT2D eigenvalue weighted by Crippen LogP contribution is 2.37. The molecule has 2 aromatic carbocycles. The molecule has 2 aromatic rings. The van der Waals surface area contributed by atoms with Crippen LogP contribution in [0.1, 0.15) is 19.3 Å². The molecule has 6 N–H and O–H groups in total. The maximum Gasteiger partial charge on any atom is 0.325 e. The van der Waals surface area contributed by atoms with Crippen molar-refractivity contribution in [1.29, 1.82) is 0 Å². The molecule has 0 aromatic heterocycles. The zero-order valence-corrected chi connectivity index (χ0v) is 30.6. The van der Waals surface area contributed by atoms with E-state index in [0.717, 1.165) is 0 Å². The first-order valence-corrected chi connectivity index (χ1v) is 18.8. The van der Waals surface area contributed by atoms with Gasteiger partial charge in [-0.15, -0.1) is 0 Å². The maximum absolute atomic E-state index is 13.6. The molecule has 0 bridgehead atoms. The van der Waals surface area contributed by atoms with Gasteiger partial charge in [-0.3, -0.25) is 14.2 Å². The van der Waals surface area contributed by atoms with Crippen molar-refractivity contribution in [3.05, 3.63) is 53.4 Å². The van der Waals surface area contributed by atoms with Crippen LogP contribution >= 0.6 is 7.60 Å². The minimum Gasteiger partial charge on any atom is -0.462 e. The number of benzene rings is 2. The Hall–Kier alpha value is -3.38. The molecule has 1 saturated heterocycles. The average Bonchev–Trinajstić information content (AvgIpc) is 3.16. The van der Waals surface area contributed by atoms with Gasteiger partial charge in [0, 0.05) is 5.69 Å². The maximum atomic E-state index is 13.6. The van der Waals surface area contributed by atoms with Gasteiger partial charge < -0.3 is 68.3 Å². The van der Waals surface area contributed by atoms with E-state index in [1.807, 2.05) is 0 Å². The number of anilines is 1. The van der Waals surface area contributed by atoms with Crippen LogP contribution in [0.5, 0.6) is 11.5 Å². The Morgan fingerprint density at radius 3 is 1.62 bits per heavy atom. The van der Waals surface area contributed by atoms with Gasteiger partial charge in [-0.2, -0.15) is 8.78 Å². The van der Waals surface area contributed by atoms with Crippen LogP contribution in [-0.2, 0) is 42.6 Å². The van der Waals surface area contributed by atoms with Gasteiger partial charge in [-0.05, 0) is 30.7 Å². The van der Waals surface area contributed by atoms with E-state index in [9.17, 15) is 51.4 Å². The standard InChI is InChI=1S/C33H43F5NO16P/c34-24-25(35)27(37)32(28(38)26(24)36)55-23(41)6-9-49-11-13-51-15-17-52-16-14-50-12-10-48-8-5-22(40)39-19-1-3-20(4-2-19)53-33-31(44)30(43)29(42)21(54-33)7-18-56(45,46)47/h1-4,21,29-31,33,42-44H,5-18H2,(H,39,40)(H2,45,46,47)/t21-,29-,30+,31+,33+/m1/s1. The number of carbonyl (C=O) groups is 2. The normalized spacial score (nSPS) is 19.9. The van der Waals surface area contributed by atoms with Crippen LogP contribution in [0, 0.1) is 29.1 Å². The van der Waals surface area contributed by atoms with Crippen molar-refractivity contribution in [2.24, 2.45) is 0 Å². The molecule has 5 atom stereocenters. The number of amides is 1. The Morgan fingerprint density at radius 1 is 0.661 bits per heavy atom. The van der Waals surface area contributed by atoms with Crippen LogP contribution in [0.25, 0.3) is 0 Å². The van der Waals surface area contributed by atoms with Crippen molar-refractivity contribution in [2.75, 3.05) is 77.5 Å². The van der Waals surface area contributed by atoms with Crippen LogP contribution in [0.15, 0.2) is 24.3 Å². The smallest absolute Gasteiger partial charge is 0.325 e. The first kappa shape index (κ1) is 47.0. The molecule has 56 heavy (non-hydrogen) atoms. The molecule has 0 aliphatic carbocycles. The molecule has 3 rings (SSSR count). The minimum atomic E-state index is -4.40. The third-order valence-electron chi connectivity index (χ3n) is 7.56. The fourth-order valence-electron chi connectivity index (χ4n) is 4.66. The van der Waals surface area contributed by atoms with E-state index in [2.05, 4.69) is 10.1 Å². The average molecular weight is 836 g/mol. The lowest BCUT2D eigenvalue weighted by atomic mass is 9.97. The number of ether oxygens (including phenoxy) is 8. The molecule has 0 spiro atoms. The summed E-state index contributed by atoms with van der Waals surface area (Å²) in [5.74, 6) is -14.5. The van der Waals surface area contributed by atoms with Crippen LogP contribution < -0.4 is 14.8 Å². The van der Waals surface area contributed by atoms with Crippen molar-refractivity contribution in [3.8, 4) is 11.5 Å². The van der Waals surface area contributed by atoms with E-state index < -0.39 is 91.7 Å². The van der Waals surface area contributed by atoms with E-state index in [1.165, 1.54) is 24.3 Å². The van der Waals surface area contributed by atoms with Gasteiger partial charge in [-0.1, -0.05) is 0 Å². The molecular formula is C33H43F5NO16P. The van der Waals surface area contributed by atoms with Crippen LogP contribution in [0.2, 0.25) is 0 Å². The fraction of sp³-hybridized carbons (Fsp3) is 0.576. The molecule has 1 fully saturated rings. The van der Waals surface area contributed by atoms with Gasteiger partial charge in [0.2, 0.25) is 47.0 Å². The number of aliphatic hydroxyl groups excluding tert-OH is 3. The van der Waals surface area contributed by atoms with E-state index in [1.54, 1.807) is 0 Å². The van der Waals surface area contributed by atoms with Crippen LogP contribution in [0.3, 0.4) is 0 Å². The second-order valence-corrected chi connectivity index (χ2v) is 13.6. The lowest BCUT2D eigenvalue weighted by Crippen LogP contribution is -2.59. The fourth-order valence-corrected chi connectivity index (χ4v) is 5.25. The third kappa shape index (κ3) is 15.9. The zero-order valence-electron chi connectivity index (χ0n) is 29.7. The first-order chi connectivity index (χ1) is 26.6. The molecule has 0 unspecified atom stereocenters. The van der Waals surface area contributed by atoms with Gasteiger partial charge in [-0.25, -0.2) is 13.2 Å². The van der Waals surface area contributed by atoms with E-state index >= 15 is 0 Å². The number of hydrogen-bond donors (Lipinski definition) is 6. The zero-order chi connectivity index (χ0) is 41.3. The summed E-state index contributed by atoms with van der Waals surface area (Å²) in [6.45, 7) is 1.42. The van der Waals surface area contributed by atoms with Gasteiger partial charge in [0.05, 0.1) is 91.2 Å². The van der Waals surface area contributed by atoms with E-state index in [4.69, 9.17) is 42.9 Å². The van der Waals surface area contributed by atoms with Crippen molar-refractivity contribution < 1.29 is 99.1 Å². The molecule has 1 heterocycles. The molecule has 0 saturated carbocycles. The van der Waals surface area contributed by atoms with Gasteiger partial charge >= 0.3 is 13.6 Å². The monoisotopic (exact) mass is 835 g/mol. The summed E-state index contributed by atoms with van der Waals surface area (Å²) in [6, 6.07) is 5.93. The summed E-state index contributed by atoms with van der Waals surface area (Å²) in [5.41, 5.74) is 0.421. The molecule has 1 aliphatic rings. The number of aliphatic hydroxyl groups is 3. The highest BCUT2D eigenvalue weighted by Gasteiger charge is 2.45. The second-order valence-electron chi connectivity index (χ2n) is 11.8. The highest BCUT2D eigenvalue weighted by molar-refractivity contribution is 7.51. The second kappa shape index (κ2) is 23.8. The molecular weight excluding hydrogens is 792 g/mol. The Morgan fingerprint density at radius 2 is 1.12 bits per heavy atom. The number of rotatable bonds is 25. The predicted octanol–water partition coefficient (Wildman–Crippen LogP) is 1.54. The van der Waals surface area contributed by atoms with Crippen molar-refractivity contribution in [1.82, 2.24) is 0 Å². The Labute approximate surface area is 316 Å². The highest BCUT2D eigenvalue weighted by atomic mass is 31.2. The number of esters is 1. The largest absolute Gasteiger partial charge is 0.462 e. The molecule has 0 radical (unpaired) electrons. The van der Waals surface area contributed by atoms with Gasteiger partial charge in [0.1, 0.15) is 24.1 Å². The van der Waals surface area contributed by atoms with Crippen molar-refractivity contribution in [3.63, 3.8) is 0 Å². The number of nitrogens with one attached hydrogen (secondary N) is 1. The summed E-state index contributed by atoms with van der Waals surface area (Å²) >= 11 is 0. The van der Waals surface area contributed by atoms with Crippen molar-refractivity contribution >= 4 is 25.2 Å². The third-order valence-corrected chi connectivity index (χ3v) is 8.40. The number of hydrogen-bond acceptors (Lipinski definition) is 14. The van der Waals surface area contributed by atoms with Crippen LogP contribution in [-0.4, -0.2) is 140 Å². The van der Waals surface area contributed by atoms with Gasteiger partial charge in [0.15, 0.2) is 0 Å². The first-order valence-electron chi connectivity index (χ1n) is 17.0. The molecule has 316 valence electrons. The van der Waals surface area contributed by atoms with E-state index in [0.29, 0.717) is 5.69 Å². The van der Waals surface area contributed by atoms with Crippen LogP contribution in [0.4, 0.5) is 27.6 Å². The minimum absolute atomic E-state index is 0.0310. The Bertz CT molecular complexity index is 1560.